The molecule has 0 aliphatic rings. The molecule has 0 aliphatic carbocycles. The van der Waals surface area contributed by atoms with Gasteiger partial charge in [0, 0.05) is 16.8 Å². The molecular formula is C13H12ClN3OS. The number of carbonyl (C=O) groups excluding carboxylic acids is 1. The molecule has 0 bridgehead atoms. The monoisotopic (exact) mass is 293 g/mol. The number of nitrogens with two attached hydrogens (primary N) is 1. The molecule has 0 atom stereocenters. The number of anilines is 2. The van der Waals surface area contributed by atoms with E-state index in [4.69, 9.17) is 17.3 Å². The molecule has 0 unspecified atom stereocenters. The molecule has 1 heterocycles. The normalized spacial score (nSPS) is 10.2. The van der Waals surface area contributed by atoms with Gasteiger partial charge in [-0.1, -0.05) is 11.6 Å². The molecule has 0 fully saturated rings. The first-order valence-electron chi connectivity index (χ1n) is 5.54. The number of nitrogen functional groups attached to an aromatic ring is 1. The Morgan fingerprint density at radius 2 is 2.05 bits per heavy atom. The van der Waals surface area contributed by atoms with E-state index in [-0.39, 0.29) is 11.1 Å². The number of aromatic nitrogens is 1. The summed E-state index contributed by atoms with van der Waals surface area (Å²) in [5.74, 6) is 0.173. The van der Waals surface area contributed by atoms with Gasteiger partial charge in [-0.05, 0) is 36.4 Å². The molecule has 1 aromatic carbocycles. The van der Waals surface area contributed by atoms with Gasteiger partial charge in [0.2, 0.25) is 5.91 Å². The van der Waals surface area contributed by atoms with Crippen molar-refractivity contribution < 1.29 is 4.79 Å². The van der Waals surface area contributed by atoms with Gasteiger partial charge in [-0.25, -0.2) is 4.98 Å². The average molecular weight is 294 g/mol. The van der Waals surface area contributed by atoms with Crippen LogP contribution in [-0.4, -0.2) is 16.6 Å². The minimum atomic E-state index is -0.128. The van der Waals surface area contributed by atoms with Gasteiger partial charge >= 0.3 is 0 Å². The highest BCUT2D eigenvalue weighted by atomic mass is 35.5. The van der Waals surface area contributed by atoms with Gasteiger partial charge in [-0.3, -0.25) is 4.79 Å². The number of nitrogens with zero attached hydrogens (tertiary/aromatic N) is 1. The summed E-state index contributed by atoms with van der Waals surface area (Å²) in [7, 11) is 0. The van der Waals surface area contributed by atoms with Crippen LogP contribution < -0.4 is 11.1 Å². The molecule has 6 heteroatoms. The third-order valence-electron chi connectivity index (χ3n) is 2.28. The number of rotatable bonds is 4. The van der Waals surface area contributed by atoms with Crippen molar-refractivity contribution in [2.45, 2.75) is 4.90 Å². The number of hydrogen-bond donors (Lipinski definition) is 2. The predicted octanol–water partition coefficient (Wildman–Crippen LogP) is 3.05. The summed E-state index contributed by atoms with van der Waals surface area (Å²) in [5.41, 5.74) is 6.82. The number of benzene rings is 1. The van der Waals surface area contributed by atoms with E-state index in [2.05, 4.69) is 10.3 Å². The summed E-state index contributed by atoms with van der Waals surface area (Å²) in [6.07, 6.45) is 1.57. The number of thioether (sulfide) groups is 1. The van der Waals surface area contributed by atoms with Crippen molar-refractivity contribution >= 4 is 40.6 Å². The Bertz CT molecular complexity index is 574. The maximum absolute atomic E-state index is 11.8. The van der Waals surface area contributed by atoms with Crippen LogP contribution in [0.4, 0.5) is 11.4 Å². The van der Waals surface area contributed by atoms with Crippen LogP contribution in [-0.2, 0) is 4.79 Å². The second-order valence-electron chi connectivity index (χ2n) is 3.75. The van der Waals surface area contributed by atoms with E-state index in [1.54, 1.807) is 30.5 Å². The fourth-order valence-electron chi connectivity index (χ4n) is 1.38. The molecule has 0 saturated carbocycles. The molecule has 19 heavy (non-hydrogen) atoms. The van der Waals surface area contributed by atoms with Crippen molar-refractivity contribution in [3.05, 3.63) is 47.7 Å². The van der Waals surface area contributed by atoms with Crippen LogP contribution in [0.15, 0.2) is 47.5 Å². The van der Waals surface area contributed by atoms with Gasteiger partial charge in [0.05, 0.1) is 11.4 Å². The molecular weight excluding hydrogens is 282 g/mol. The molecule has 1 amide bonds. The Kier molecular flexibility index (Phi) is 4.65. The zero-order valence-electron chi connectivity index (χ0n) is 9.97. The Morgan fingerprint density at radius 3 is 2.74 bits per heavy atom. The zero-order valence-corrected chi connectivity index (χ0v) is 11.5. The van der Waals surface area contributed by atoms with Crippen LogP contribution in [0.1, 0.15) is 0 Å². The summed E-state index contributed by atoms with van der Waals surface area (Å²) in [5, 5.41) is 3.00. The summed E-state index contributed by atoms with van der Waals surface area (Å²) < 4.78 is 0. The van der Waals surface area contributed by atoms with Gasteiger partial charge in [-0.15, -0.1) is 11.8 Å². The first-order chi connectivity index (χ1) is 9.15. The largest absolute Gasteiger partial charge is 0.399 e. The Balaban J connectivity index is 1.88. The topological polar surface area (TPSA) is 68.0 Å². The quantitative estimate of drug-likeness (QED) is 0.516. The molecule has 2 aromatic rings. The molecule has 0 spiro atoms. The van der Waals surface area contributed by atoms with E-state index >= 15 is 0 Å². The Morgan fingerprint density at radius 1 is 1.32 bits per heavy atom. The van der Waals surface area contributed by atoms with Gasteiger partial charge in [0.1, 0.15) is 0 Å². The molecule has 0 radical (unpaired) electrons. The van der Waals surface area contributed by atoms with Gasteiger partial charge < -0.3 is 11.1 Å². The number of pyridine rings is 1. The highest BCUT2D eigenvalue weighted by molar-refractivity contribution is 8.00. The van der Waals surface area contributed by atoms with E-state index < -0.39 is 0 Å². The molecule has 2 rings (SSSR count). The van der Waals surface area contributed by atoms with Gasteiger partial charge in [-0.2, -0.15) is 0 Å². The van der Waals surface area contributed by atoms with Crippen LogP contribution in [0.25, 0.3) is 0 Å². The van der Waals surface area contributed by atoms with Crippen molar-refractivity contribution in [3.8, 4) is 0 Å². The van der Waals surface area contributed by atoms with Crippen molar-refractivity contribution in [1.29, 1.82) is 0 Å². The van der Waals surface area contributed by atoms with E-state index in [0.29, 0.717) is 17.1 Å². The fraction of sp³-hybridized carbons (Fsp3) is 0.0769. The van der Waals surface area contributed by atoms with E-state index in [0.717, 1.165) is 4.90 Å². The molecule has 0 saturated heterocycles. The fourth-order valence-corrected chi connectivity index (χ4v) is 2.24. The van der Waals surface area contributed by atoms with Crippen molar-refractivity contribution in [2.75, 3.05) is 16.8 Å². The van der Waals surface area contributed by atoms with Gasteiger partial charge in [0.15, 0.2) is 5.15 Å². The lowest BCUT2D eigenvalue weighted by molar-refractivity contribution is -0.113. The van der Waals surface area contributed by atoms with E-state index in [9.17, 15) is 4.79 Å². The van der Waals surface area contributed by atoms with E-state index in [1.165, 1.54) is 11.8 Å². The van der Waals surface area contributed by atoms with Gasteiger partial charge in [0.25, 0.3) is 0 Å². The lowest BCUT2D eigenvalue weighted by Crippen LogP contribution is -2.14. The van der Waals surface area contributed by atoms with Crippen molar-refractivity contribution in [3.63, 3.8) is 0 Å². The van der Waals surface area contributed by atoms with Crippen molar-refractivity contribution in [2.24, 2.45) is 0 Å². The van der Waals surface area contributed by atoms with Crippen LogP contribution in [0.3, 0.4) is 0 Å². The third-order valence-corrected chi connectivity index (χ3v) is 3.60. The number of halogens is 1. The van der Waals surface area contributed by atoms with Crippen molar-refractivity contribution in [1.82, 2.24) is 4.98 Å². The molecule has 1 aromatic heterocycles. The average Bonchev–Trinajstić information content (AvgIpc) is 2.41. The Labute approximate surface area is 120 Å². The number of hydrogen-bond acceptors (Lipinski definition) is 4. The van der Waals surface area contributed by atoms with Crippen LogP contribution >= 0.6 is 23.4 Å². The smallest absolute Gasteiger partial charge is 0.234 e. The maximum Gasteiger partial charge on any atom is 0.234 e. The summed E-state index contributed by atoms with van der Waals surface area (Å²) in [6.45, 7) is 0. The van der Waals surface area contributed by atoms with Crippen LogP contribution in [0.2, 0.25) is 5.15 Å². The second kappa shape index (κ2) is 6.45. The first-order valence-corrected chi connectivity index (χ1v) is 6.90. The molecule has 98 valence electrons. The third kappa shape index (κ3) is 4.15. The number of amides is 1. The molecule has 3 N–H and O–H groups in total. The molecule has 4 nitrogen and oxygen atoms in total. The Hall–Kier alpha value is -1.72. The number of carbonyl (C=O) groups is 1. The lowest BCUT2D eigenvalue weighted by atomic mass is 10.3. The minimum absolute atomic E-state index is 0.128. The summed E-state index contributed by atoms with van der Waals surface area (Å²) in [4.78, 5) is 16.6. The predicted molar refractivity (Wildman–Crippen MR) is 79.5 cm³/mol. The summed E-state index contributed by atoms with van der Waals surface area (Å²) in [6, 6.07) is 10.8. The first kappa shape index (κ1) is 13.7. The standard InChI is InChI=1S/C13H12ClN3OS/c14-13-11(2-1-7-16-13)17-12(18)8-19-10-5-3-9(15)4-6-10/h1-7H,8,15H2,(H,17,18). The minimum Gasteiger partial charge on any atom is -0.399 e. The summed E-state index contributed by atoms with van der Waals surface area (Å²) >= 11 is 7.29. The highest BCUT2D eigenvalue weighted by Gasteiger charge is 2.06. The maximum atomic E-state index is 11.8. The van der Waals surface area contributed by atoms with Crippen LogP contribution in [0.5, 0.6) is 0 Å². The highest BCUT2D eigenvalue weighted by Crippen LogP contribution is 2.21. The zero-order chi connectivity index (χ0) is 13.7. The SMILES string of the molecule is Nc1ccc(SCC(=O)Nc2cccnc2Cl)cc1. The second-order valence-corrected chi connectivity index (χ2v) is 5.15. The van der Waals surface area contributed by atoms with E-state index in [1.807, 2.05) is 12.1 Å². The lowest BCUT2D eigenvalue weighted by Gasteiger charge is -2.06. The van der Waals surface area contributed by atoms with Crippen LogP contribution in [0, 0.1) is 0 Å². The molecule has 0 aliphatic heterocycles. The number of nitrogens with one attached hydrogen (secondary N) is 1.